The highest BCUT2D eigenvalue weighted by atomic mass is 35.5. The van der Waals surface area contributed by atoms with E-state index in [0.717, 1.165) is 5.56 Å². The maximum Gasteiger partial charge on any atom is 0.344 e. The molecule has 0 heterocycles. The molecule has 19 heavy (non-hydrogen) atoms. The molecule has 1 unspecified atom stereocenters. The van der Waals surface area contributed by atoms with Gasteiger partial charge < -0.3 is 15.6 Å². The molecular weight excluding hydrogens is 289 g/mol. The number of carbonyl (C=O) groups is 1. The summed E-state index contributed by atoms with van der Waals surface area (Å²) in [6.45, 7) is 2.29. The molecule has 0 saturated heterocycles. The molecule has 6 heteroatoms. The van der Waals surface area contributed by atoms with Crippen LogP contribution in [-0.2, 0) is 11.2 Å². The number of nitrogens with two attached hydrogens (primary N) is 1. The minimum Gasteiger partial charge on any atom is -0.479 e. The summed E-state index contributed by atoms with van der Waals surface area (Å²) in [6, 6.07) is 3.23. The van der Waals surface area contributed by atoms with Gasteiger partial charge in [0.25, 0.3) is 0 Å². The summed E-state index contributed by atoms with van der Waals surface area (Å²) in [5.74, 6) is -0.649. The molecule has 0 spiro atoms. The van der Waals surface area contributed by atoms with E-state index >= 15 is 0 Å². The van der Waals surface area contributed by atoms with Gasteiger partial charge >= 0.3 is 5.97 Å². The van der Waals surface area contributed by atoms with Crippen molar-refractivity contribution >= 4 is 29.2 Å². The highest BCUT2D eigenvalue weighted by Gasteiger charge is 2.21. The van der Waals surface area contributed by atoms with E-state index in [0.29, 0.717) is 41.6 Å². The highest BCUT2D eigenvalue weighted by Crippen LogP contribution is 2.33. The van der Waals surface area contributed by atoms with Crippen LogP contribution in [0.5, 0.6) is 5.75 Å². The first-order valence-electron chi connectivity index (χ1n) is 6.07. The van der Waals surface area contributed by atoms with Gasteiger partial charge in [0.05, 0.1) is 5.02 Å². The Bertz CT molecular complexity index is 452. The van der Waals surface area contributed by atoms with Crippen LogP contribution < -0.4 is 10.5 Å². The zero-order valence-electron chi connectivity index (χ0n) is 10.7. The summed E-state index contributed by atoms with van der Waals surface area (Å²) in [7, 11) is 0. The summed E-state index contributed by atoms with van der Waals surface area (Å²) < 4.78 is 5.54. The number of hydrogen-bond donors (Lipinski definition) is 2. The van der Waals surface area contributed by atoms with Gasteiger partial charge in [0, 0.05) is 5.02 Å². The molecule has 0 aromatic heterocycles. The summed E-state index contributed by atoms with van der Waals surface area (Å²) in [5.41, 5.74) is 6.25. The Labute approximate surface area is 122 Å². The van der Waals surface area contributed by atoms with Gasteiger partial charge in [0.15, 0.2) is 6.10 Å². The molecule has 0 radical (unpaired) electrons. The summed E-state index contributed by atoms with van der Waals surface area (Å²) in [5, 5.41) is 9.89. The van der Waals surface area contributed by atoms with Crippen molar-refractivity contribution in [1.82, 2.24) is 0 Å². The van der Waals surface area contributed by atoms with Crippen molar-refractivity contribution in [3.05, 3.63) is 27.7 Å². The molecule has 0 aliphatic carbocycles. The Morgan fingerprint density at radius 1 is 1.47 bits per heavy atom. The Kier molecular flexibility index (Phi) is 6.42. The van der Waals surface area contributed by atoms with Crippen LogP contribution in [0.3, 0.4) is 0 Å². The van der Waals surface area contributed by atoms with E-state index in [1.807, 2.05) is 6.92 Å². The molecule has 0 bridgehead atoms. The molecule has 0 aliphatic heterocycles. The normalized spacial score (nSPS) is 12.2. The molecule has 0 aliphatic rings. The Morgan fingerprint density at radius 2 is 2.16 bits per heavy atom. The highest BCUT2D eigenvalue weighted by molar-refractivity contribution is 6.35. The van der Waals surface area contributed by atoms with E-state index < -0.39 is 12.1 Å². The number of rotatable bonds is 7. The third-order valence-electron chi connectivity index (χ3n) is 2.59. The number of benzene rings is 1. The zero-order chi connectivity index (χ0) is 14.4. The maximum atomic E-state index is 11.1. The van der Waals surface area contributed by atoms with Crippen molar-refractivity contribution in [2.45, 2.75) is 32.3 Å². The van der Waals surface area contributed by atoms with E-state index in [9.17, 15) is 4.79 Å². The average molecular weight is 306 g/mol. The maximum absolute atomic E-state index is 11.1. The van der Waals surface area contributed by atoms with E-state index in [1.54, 1.807) is 6.07 Å². The number of ether oxygens (including phenoxy) is 1. The van der Waals surface area contributed by atoms with Crippen molar-refractivity contribution < 1.29 is 14.6 Å². The summed E-state index contributed by atoms with van der Waals surface area (Å²) in [4.78, 5) is 11.1. The largest absolute Gasteiger partial charge is 0.479 e. The topological polar surface area (TPSA) is 72.5 Å². The second-order valence-corrected chi connectivity index (χ2v) is 4.99. The van der Waals surface area contributed by atoms with E-state index in [-0.39, 0.29) is 0 Å². The lowest BCUT2D eigenvalue weighted by molar-refractivity contribution is -0.145. The van der Waals surface area contributed by atoms with Gasteiger partial charge in [-0.1, -0.05) is 36.5 Å². The molecule has 106 valence electrons. The quantitative estimate of drug-likeness (QED) is 0.812. The Balaban J connectivity index is 3.06. The first-order chi connectivity index (χ1) is 8.99. The lowest BCUT2D eigenvalue weighted by Crippen LogP contribution is -2.27. The second kappa shape index (κ2) is 7.58. The lowest BCUT2D eigenvalue weighted by Gasteiger charge is -2.18. The van der Waals surface area contributed by atoms with E-state index in [4.69, 9.17) is 38.8 Å². The van der Waals surface area contributed by atoms with Crippen LogP contribution >= 0.6 is 23.2 Å². The zero-order valence-corrected chi connectivity index (χ0v) is 12.2. The van der Waals surface area contributed by atoms with Crippen LogP contribution in [-0.4, -0.2) is 23.7 Å². The van der Waals surface area contributed by atoms with Crippen molar-refractivity contribution in [1.29, 1.82) is 0 Å². The van der Waals surface area contributed by atoms with Crippen LogP contribution in [0.2, 0.25) is 10.0 Å². The number of halogens is 2. The minimum atomic E-state index is -1.01. The summed E-state index contributed by atoms with van der Waals surface area (Å²) in [6.07, 6.45) is 0.721. The number of hydrogen-bond acceptors (Lipinski definition) is 3. The molecular formula is C13H17Cl2NO3. The second-order valence-electron chi connectivity index (χ2n) is 4.15. The molecule has 0 amide bonds. The fourth-order valence-corrected chi connectivity index (χ4v) is 2.30. The first-order valence-corrected chi connectivity index (χ1v) is 6.82. The van der Waals surface area contributed by atoms with Crippen molar-refractivity contribution in [3.8, 4) is 5.75 Å². The van der Waals surface area contributed by atoms with Crippen molar-refractivity contribution in [2.24, 2.45) is 5.73 Å². The monoisotopic (exact) mass is 305 g/mol. The van der Waals surface area contributed by atoms with Gasteiger partial charge in [0.1, 0.15) is 5.75 Å². The summed E-state index contributed by atoms with van der Waals surface area (Å²) >= 11 is 12.0. The van der Waals surface area contributed by atoms with E-state index in [1.165, 1.54) is 6.07 Å². The SMILES string of the molecule is CCCC(Oc1c(Cl)cc(Cl)cc1CCN)C(=O)O. The van der Waals surface area contributed by atoms with Crippen LogP contribution in [0.15, 0.2) is 12.1 Å². The van der Waals surface area contributed by atoms with Gasteiger partial charge in [-0.2, -0.15) is 0 Å². The fraction of sp³-hybridized carbons (Fsp3) is 0.462. The van der Waals surface area contributed by atoms with Crippen LogP contribution in [0.25, 0.3) is 0 Å². The van der Waals surface area contributed by atoms with Crippen LogP contribution in [0.4, 0.5) is 0 Å². The first kappa shape index (κ1) is 16.1. The fourth-order valence-electron chi connectivity index (χ4n) is 1.72. The van der Waals surface area contributed by atoms with Crippen LogP contribution in [0.1, 0.15) is 25.3 Å². The minimum absolute atomic E-state index is 0.304. The van der Waals surface area contributed by atoms with Crippen molar-refractivity contribution in [3.63, 3.8) is 0 Å². The predicted octanol–water partition coefficient (Wildman–Crippen LogP) is 3.13. The van der Waals surface area contributed by atoms with Gasteiger partial charge in [-0.25, -0.2) is 4.79 Å². The predicted molar refractivity (Wildman–Crippen MR) is 76.2 cm³/mol. The van der Waals surface area contributed by atoms with Crippen molar-refractivity contribution in [2.75, 3.05) is 6.54 Å². The number of aliphatic carboxylic acids is 1. The molecule has 1 aromatic rings. The number of carboxylic acids is 1. The van der Waals surface area contributed by atoms with E-state index in [2.05, 4.69) is 0 Å². The smallest absolute Gasteiger partial charge is 0.344 e. The standard InChI is InChI=1S/C13H17Cl2NO3/c1-2-3-11(13(17)18)19-12-8(4-5-16)6-9(14)7-10(12)15/h6-7,11H,2-5,16H2,1H3,(H,17,18). The molecule has 1 aromatic carbocycles. The molecule has 3 N–H and O–H groups in total. The Hall–Kier alpha value is -0.970. The lowest BCUT2D eigenvalue weighted by atomic mass is 10.1. The molecule has 1 rings (SSSR count). The van der Waals surface area contributed by atoms with Crippen LogP contribution in [0, 0.1) is 0 Å². The molecule has 1 atom stereocenters. The average Bonchev–Trinajstić information content (AvgIpc) is 2.32. The van der Waals surface area contributed by atoms with Gasteiger partial charge in [-0.3, -0.25) is 0 Å². The Morgan fingerprint density at radius 3 is 2.68 bits per heavy atom. The number of carboxylic acid groups (broad SMARTS) is 1. The third kappa shape index (κ3) is 4.56. The molecule has 4 nitrogen and oxygen atoms in total. The molecule has 0 fully saturated rings. The van der Waals surface area contributed by atoms with Gasteiger partial charge in [0.2, 0.25) is 0 Å². The van der Waals surface area contributed by atoms with Gasteiger partial charge in [-0.05, 0) is 37.1 Å². The third-order valence-corrected chi connectivity index (χ3v) is 3.08. The molecule has 0 saturated carbocycles. The van der Waals surface area contributed by atoms with Gasteiger partial charge in [-0.15, -0.1) is 0 Å².